The Hall–Kier alpha value is -0.900. The lowest BCUT2D eigenvalue weighted by atomic mass is 10.3. The molecule has 0 spiro atoms. The van der Waals surface area contributed by atoms with Gasteiger partial charge in [-0.05, 0) is 20.9 Å². The van der Waals surface area contributed by atoms with E-state index in [2.05, 4.69) is 5.32 Å². The zero-order valence-corrected chi connectivity index (χ0v) is 7.76. The highest BCUT2D eigenvalue weighted by Crippen LogP contribution is 1.91. The van der Waals surface area contributed by atoms with E-state index in [-0.39, 0.29) is 12.5 Å². The average Bonchev–Trinajstić information content (AvgIpc) is 2.00. The molecule has 0 aliphatic rings. The van der Waals surface area contributed by atoms with E-state index in [1.807, 2.05) is 25.8 Å². The number of amides is 1. The number of likely N-dealkylation sites (N-methyl/N-ethyl adjacent to an activating group) is 1. The first-order chi connectivity index (χ1) is 5.57. The van der Waals surface area contributed by atoms with Crippen LogP contribution in [0.3, 0.4) is 0 Å². The molecule has 0 fully saturated rings. The predicted octanol–water partition coefficient (Wildman–Crippen LogP) is -0.447. The van der Waals surface area contributed by atoms with Gasteiger partial charge in [0.1, 0.15) is 0 Å². The van der Waals surface area contributed by atoms with Crippen molar-refractivity contribution in [2.45, 2.75) is 19.9 Å². The van der Waals surface area contributed by atoms with Crippen molar-refractivity contribution in [1.82, 2.24) is 10.2 Å². The lowest BCUT2D eigenvalue weighted by Gasteiger charge is -2.19. The van der Waals surface area contributed by atoms with Crippen LogP contribution in [0.1, 0.15) is 13.8 Å². The molecule has 0 aliphatic heterocycles. The molecule has 0 aromatic rings. The molecule has 0 rings (SSSR count). The predicted molar refractivity (Wildman–Crippen MR) is 46.5 cm³/mol. The van der Waals surface area contributed by atoms with E-state index in [1.54, 1.807) is 6.29 Å². The van der Waals surface area contributed by atoms with Gasteiger partial charge in [0.05, 0.1) is 13.1 Å². The molecule has 0 aromatic carbocycles. The Morgan fingerprint density at radius 3 is 2.58 bits per heavy atom. The van der Waals surface area contributed by atoms with Crippen LogP contribution in [0.25, 0.3) is 0 Å². The fraction of sp³-hybridized carbons (Fsp3) is 0.750. The van der Waals surface area contributed by atoms with Crippen LogP contribution < -0.4 is 5.32 Å². The van der Waals surface area contributed by atoms with Gasteiger partial charge in [-0.15, -0.1) is 0 Å². The lowest BCUT2D eigenvalue weighted by Crippen LogP contribution is -2.38. The number of hydrogen-bond acceptors (Lipinski definition) is 3. The molecule has 0 atom stereocenters. The Kier molecular flexibility index (Phi) is 5.28. The van der Waals surface area contributed by atoms with Crippen LogP contribution in [-0.2, 0) is 9.59 Å². The largest absolute Gasteiger partial charge is 0.347 e. The summed E-state index contributed by atoms with van der Waals surface area (Å²) in [5.41, 5.74) is 0. The second-order valence-corrected chi connectivity index (χ2v) is 2.93. The van der Waals surface area contributed by atoms with Crippen molar-refractivity contribution in [3.05, 3.63) is 0 Å². The highest BCUT2D eigenvalue weighted by molar-refractivity contribution is 5.80. The van der Waals surface area contributed by atoms with Gasteiger partial charge in [0.2, 0.25) is 12.2 Å². The molecule has 0 aliphatic carbocycles. The molecule has 0 unspecified atom stereocenters. The van der Waals surface area contributed by atoms with Crippen molar-refractivity contribution < 1.29 is 9.59 Å². The first kappa shape index (κ1) is 11.1. The summed E-state index contributed by atoms with van der Waals surface area (Å²) in [4.78, 5) is 22.6. The second kappa shape index (κ2) is 5.71. The zero-order chi connectivity index (χ0) is 9.56. The maximum Gasteiger partial charge on any atom is 0.234 e. The molecule has 69 valence electrons. The van der Waals surface area contributed by atoms with E-state index >= 15 is 0 Å². The highest BCUT2D eigenvalue weighted by Gasteiger charge is 2.07. The topological polar surface area (TPSA) is 49.4 Å². The second-order valence-electron chi connectivity index (χ2n) is 2.93. The van der Waals surface area contributed by atoms with Crippen molar-refractivity contribution in [2.75, 3.05) is 20.1 Å². The van der Waals surface area contributed by atoms with E-state index in [9.17, 15) is 9.59 Å². The maximum absolute atomic E-state index is 11.0. The highest BCUT2D eigenvalue weighted by atomic mass is 16.2. The van der Waals surface area contributed by atoms with Crippen molar-refractivity contribution in [3.8, 4) is 0 Å². The van der Waals surface area contributed by atoms with E-state index in [0.717, 1.165) is 0 Å². The van der Waals surface area contributed by atoms with E-state index in [0.29, 0.717) is 12.6 Å². The average molecular weight is 171 g/mol. The summed E-state index contributed by atoms with van der Waals surface area (Å²) >= 11 is 0. The molecule has 4 heteroatoms. The zero-order valence-electron chi connectivity index (χ0n) is 7.76. The van der Waals surface area contributed by atoms with Crippen LogP contribution in [0.15, 0.2) is 0 Å². The van der Waals surface area contributed by atoms with Gasteiger partial charge in [0.25, 0.3) is 0 Å². The first-order valence-corrected chi connectivity index (χ1v) is 3.90. The summed E-state index contributed by atoms with van der Waals surface area (Å²) in [5.74, 6) is -0.144. The van der Waals surface area contributed by atoms with Crippen molar-refractivity contribution >= 4 is 12.2 Å². The summed E-state index contributed by atoms with van der Waals surface area (Å²) in [5, 5.41) is 2.41. The smallest absolute Gasteiger partial charge is 0.234 e. The molecule has 4 nitrogen and oxygen atoms in total. The van der Waals surface area contributed by atoms with E-state index in [1.165, 1.54) is 0 Å². The standard InChI is InChI=1S/C8H15N2O2/c1-7(2)10(3)6-8(12)9-4-5-11/h7H,4,6H2,1-3H3,(H,9,12). The molecule has 0 bridgehead atoms. The molecule has 1 radical (unpaired) electrons. The van der Waals surface area contributed by atoms with Crippen LogP contribution >= 0.6 is 0 Å². The van der Waals surface area contributed by atoms with Crippen LogP contribution in [0.4, 0.5) is 0 Å². The molecule has 0 aromatic heterocycles. The van der Waals surface area contributed by atoms with E-state index in [4.69, 9.17) is 0 Å². The number of carbonyl (C=O) groups excluding carboxylic acids is 2. The summed E-state index contributed by atoms with van der Waals surface area (Å²) < 4.78 is 0. The van der Waals surface area contributed by atoms with Crippen LogP contribution in [0.2, 0.25) is 0 Å². The van der Waals surface area contributed by atoms with Gasteiger partial charge >= 0.3 is 0 Å². The minimum atomic E-state index is -0.144. The summed E-state index contributed by atoms with van der Waals surface area (Å²) in [6.45, 7) is 4.29. The van der Waals surface area contributed by atoms with Gasteiger partial charge in [0, 0.05) is 6.04 Å². The number of rotatable bonds is 5. The maximum atomic E-state index is 11.0. The Balaban J connectivity index is 3.61. The van der Waals surface area contributed by atoms with Gasteiger partial charge in [-0.3, -0.25) is 14.5 Å². The fourth-order valence-corrected chi connectivity index (χ4v) is 0.600. The normalized spacial score (nSPS) is 10.4. The minimum absolute atomic E-state index is 0.0230. The van der Waals surface area contributed by atoms with Crippen molar-refractivity contribution in [1.29, 1.82) is 0 Å². The Morgan fingerprint density at radius 2 is 2.17 bits per heavy atom. The number of nitrogens with one attached hydrogen (secondary N) is 1. The fourth-order valence-electron chi connectivity index (χ4n) is 0.600. The molecule has 0 saturated carbocycles. The third kappa shape index (κ3) is 4.85. The third-order valence-corrected chi connectivity index (χ3v) is 1.63. The summed E-state index contributed by atoms with van der Waals surface area (Å²) in [6, 6.07) is 0.330. The summed E-state index contributed by atoms with van der Waals surface area (Å²) in [6.07, 6.45) is 1.60. The van der Waals surface area contributed by atoms with Gasteiger partial charge in [-0.2, -0.15) is 0 Å². The van der Waals surface area contributed by atoms with Gasteiger partial charge < -0.3 is 5.32 Å². The quantitative estimate of drug-likeness (QED) is 0.609. The number of hydrogen-bond donors (Lipinski definition) is 1. The van der Waals surface area contributed by atoms with Gasteiger partial charge in [-0.1, -0.05) is 0 Å². The molecule has 0 heterocycles. The molecule has 12 heavy (non-hydrogen) atoms. The minimum Gasteiger partial charge on any atom is -0.347 e. The monoisotopic (exact) mass is 171 g/mol. The van der Waals surface area contributed by atoms with Gasteiger partial charge in [0.15, 0.2) is 0 Å². The molecular weight excluding hydrogens is 156 g/mol. The Labute approximate surface area is 72.9 Å². The lowest BCUT2D eigenvalue weighted by molar-refractivity contribution is -0.122. The third-order valence-electron chi connectivity index (χ3n) is 1.63. The molecule has 0 saturated heterocycles. The van der Waals surface area contributed by atoms with Crippen LogP contribution in [-0.4, -0.2) is 43.3 Å². The Morgan fingerprint density at radius 1 is 1.58 bits per heavy atom. The van der Waals surface area contributed by atoms with E-state index < -0.39 is 0 Å². The van der Waals surface area contributed by atoms with Crippen molar-refractivity contribution in [3.63, 3.8) is 0 Å². The molecule has 1 amide bonds. The first-order valence-electron chi connectivity index (χ1n) is 3.90. The number of nitrogens with zero attached hydrogens (tertiary/aromatic N) is 1. The van der Waals surface area contributed by atoms with Gasteiger partial charge in [-0.25, -0.2) is 0 Å². The van der Waals surface area contributed by atoms with Crippen LogP contribution in [0.5, 0.6) is 0 Å². The van der Waals surface area contributed by atoms with Crippen LogP contribution in [0, 0.1) is 0 Å². The molecule has 1 N–H and O–H groups in total. The van der Waals surface area contributed by atoms with Crippen molar-refractivity contribution in [2.24, 2.45) is 0 Å². The summed E-state index contributed by atoms with van der Waals surface area (Å²) in [7, 11) is 1.86. The Bertz CT molecular complexity index is 157. The molecular formula is C8H15N2O2. The SMILES string of the molecule is CC(C)N(C)CC(=O)NC[C]=O. The number of carbonyl (C=O) groups is 1.